The summed E-state index contributed by atoms with van der Waals surface area (Å²) in [5, 5.41) is 12.1. The highest BCUT2D eigenvalue weighted by atomic mass is 32.1. The lowest BCUT2D eigenvalue weighted by molar-refractivity contribution is 0.0209. The fourth-order valence-electron chi connectivity index (χ4n) is 3.36. The van der Waals surface area contributed by atoms with Crippen LogP contribution < -0.4 is 4.74 Å². The second-order valence-electron chi connectivity index (χ2n) is 6.86. The highest BCUT2D eigenvalue weighted by molar-refractivity contribution is 7.11. The third kappa shape index (κ3) is 4.60. The number of hydrogen-bond acceptors (Lipinski definition) is 5. The molecule has 1 aliphatic heterocycles. The molecule has 136 valence electrons. The molecule has 1 saturated heterocycles. The van der Waals surface area contributed by atoms with Crippen molar-refractivity contribution in [3.05, 3.63) is 45.9 Å². The number of likely N-dealkylation sites (tertiary alicyclic amines) is 1. The fourth-order valence-corrected chi connectivity index (χ4v) is 4.48. The SMILES string of the molecule is CCCN1CCC[C@@](O)(c2nc(C)c(COc3ccccc3)s2)CC1. The third-order valence-electron chi connectivity index (χ3n) is 4.85. The molecule has 1 N–H and O–H groups in total. The van der Waals surface area contributed by atoms with E-state index in [0.717, 1.165) is 66.6 Å². The Morgan fingerprint density at radius 2 is 2.04 bits per heavy atom. The van der Waals surface area contributed by atoms with Crippen molar-refractivity contribution in [3.63, 3.8) is 0 Å². The molecule has 2 aromatic rings. The summed E-state index contributed by atoms with van der Waals surface area (Å²) < 4.78 is 5.86. The van der Waals surface area contributed by atoms with Crippen LogP contribution in [0.15, 0.2) is 30.3 Å². The van der Waals surface area contributed by atoms with Gasteiger partial charge in [-0.2, -0.15) is 0 Å². The third-order valence-corrected chi connectivity index (χ3v) is 6.17. The molecule has 0 aliphatic carbocycles. The normalized spacial score (nSPS) is 21.9. The van der Waals surface area contributed by atoms with Crippen LogP contribution in [0.5, 0.6) is 5.75 Å². The second kappa shape index (κ2) is 8.30. The van der Waals surface area contributed by atoms with E-state index in [4.69, 9.17) is 9.72 Å². The molecule has 0 bridgehead atoms. The summed E-state index contributed by atoms with van der Waals surface area (Å²) in [5.41, 5.74) is 0.183. The number of rotatable bonds is 6. The quantitative estimate of drug-likeness (QED) is 0.842. The minimum absolute atomic E-state index is 0.506. The van der Waals surface area contributed by atoms with E-state index in [9.17, 15) is 5.11 Å². The molecule has 3 rings (SSSR count). The number of para-hydroxylation sites is 1. The monoisotopic (exact) mass is 360 g/mol. The van der Waals surface area contributed by atoms with Gasteiger partial charge in [0.05, 0.1) is 10.6 Å². The van der Waals surface area contributed by atoms with Crippen molar-refractivity contribution in [1.29, 1.82) is 0 Å². The highest BCUT2D eigenvalue weighted by Crippen LogP contribution is 2.36. The van der Waals surface area contributed by atoms with Crippen molar-refractivity contribution in [1.82, 2.24) is 9.88 Å². The first-order valence-corrected chi connectivity index (χ1v) is 10.0. The lowest BCUT2D eigenvalue weighted by atomic mass is 9.96. The Labute approximate surface area is 154 Å². The maximum Gasteiger partial charge on any atom is 0.125 e. The van der Waals surface area contributed by atoms with E-state index < -0.39 is 5.60 Å². The summed E-state index contributed by atoms with van der Waals surface area (Å²) in [5.74, 6) is 0.861. The molecule has 0 amide bonds. The van der Waals surface area contributed by atoms with E-state index in [0.29, 0.717) is 6.61 Å². The predicted octanol–water partition coefficient (Wildman–Crippen LogP) is 4.11. The Bertz CT molecular complexity index is 674. The molecule has 2 heterocycles. The van der Waals surface area contributed by atoms with Crippen molar-refractivity contribution in [2.45, 2.75) is 51.7 Å². The molecule has 1 aromatic carbocycles. The number of ether oxygens (including phenoxy) is 1. The van der Waals surface area contributed by atoms with Gasteiger partial charge >= 0.3 is 0 Å². The summed E-state index contributed by atoms with van der Waals surface area (Å²) in [6, 6.07) is 9.83. The molecule has 4 nitrogen and oxygen atoms in total. The zero-order valence-corrected chi connectivity index (χ0v) is 16.0. The molecule has 1 atom stereocenters. The maximum absolute atomic E-state index is 11.2. The highest BCUT2D eigenvalue weighted by Gasteiger charge is 2.35. The first-order chi connectivity index (χ1) is 12.1. The predicted molar refractivity (Wildman–Crippen MR) is 102 cm³/mol. The molecule has 5 heteroatoms. The summed E-state index contributed by atoms with van der Waals surface area (Å²) in [7, 11) is 0. The molecule has 0 saturated carbocycles. The molecular weight excluding hydrogens is 332 g/mol. The van der Waals surface area contributed by atoms with Gasteiger partial charge in [-0.1, -0.05) is 25.1 Å². The van der Waals surface area contributed by atoms with Crippen molar-refractivity contribution < 1.29 is 9.84 Å². The molecule has 0 radical (unpaired) electrons. The summed E-state index contributed by atoms with van der Waals surface area (Å²) in [6.07, 6.45) is 3.73. The van der Waals surface area contributed by atoms with Crippen LogP contribution in [-0.4, -0.2) is 34.6 Å². The van der Waals surface area contributed by atoms with Gasteiger partial charge in [0.2, 0.25) is 0 Å². The Morgan fingerprint density at radius 3 is 2.80 bits per heavy atom. The van der Waals surface area contributed by atoms with Gasteiger partial charge < -0.3 is 14.7 Å². The number of thiazole rings is 1. The summed E-state index contributed by atoms with van der Waals surface area (Å²) in [4.78, 5) is 8.26. The van der Waals surface area contributed by atoms with Crippen molar-refractivity contribution in [2.24, 2.45) is 0 Å². The van der Waals surface area contributed by atoms with E-state index in [1.807, 2.05) is 37.3 Å². The maximum atomic E-state index is 11.2. The van der Waals surface area contributed by atoms with Crippen LogP contribution in [0.2, 0.25) is 0 Å². The van der Waals surface area contributed by atoms with E-state index >= 15 is 0 Å². The van der Waals surface area contributed by atoms with E-state index in [-0.39, 0.29) is 0 Å². The minimum Gasteiger partial charge on any atom is -0.488 e. The van der Waals surface area contributed by atoms with Gasteiger partial charge in [0, 0.05) is 6.54 Å². The van der Waals surface area contributed by atoms with Crippen LogP contribution >= 0.6 is 11.3 Å². The van der Waals surface area contributed by atoms with Gasteiger partial charge in [-0.05, 0) is 57.8 Å². The van der Waals surface area contributed by atoms with Gasteiger partial charge in [0.25, 0.3) is 0 Å². The van der Waals surface area contributed by atoms with Crippen molar-refractivity contribution in [3.8, 4) is 5.75 Å². The van der Waals surface area contributed by atoms with Crippen LogP contribution in [0.3, 0.4) is 0 Å². The zero-order valence-electron chi connectivity index (χ0n) is 15.2. The molecule has 1 fully saturated rings. The second-order valence-corrected chi connectivity index (χ2v) is 7.94. The summed E-state index contributed by atoms with van der Waals surface area (Å²) in [6.45, 7) is 7.85. The van der Waals surface area contributed by atoms with Crippen molar-refractivity contribution in [2.75, 3.05) is 19.6 Å². The number of benzene rings is 1. The largest absolute Gasteiger partial charge is 0.488 e. The Kier molecular flexibility index (Phi) is 6.10. The van der Waals surface area contributed by atoms with Gasteiger partial charge in [-0.25, -0.2) is 4.98 Å². The lowest BCUT2D eigenvalue weighted by Crippen LogP contribution is -2.29. The minimum atomic E-state index is -0.789. The Morgan fingerprint density at radius 1 is 1.24 bits per heavy atom. The first kappa shape index (κ1) is 18.4. The standard InChI is InChI=1S/C20H28N2O2S/c1-3-12-22-13-7-10-20(23,11-14-22)19-21-16(2)18(25-19)15-24-17-8-5-4-6-9-17/h4-6,8-9,23H,3,7,10-15H2,1-2H3/t20-/m0/s1. The molecule has 0 unspecified atom stereocenters. The van der Waals surface area contributed by atoms with Gasteiger partial charge in [-0.3, -0.25) is 0 Å². The van der Waals surface area contributed by atoms with E-state index in [1.165, 1.54) is 0 Å². The van der Waals surface area contributed by atoms with Crippen LogP contribution in [0.1, 0.15) is 48.2 Å². The van der Waals surface area contributed by atoms with Crippen LogP contribution in [0, 0.1) is 6.92 Å². The van der Waals surface area contributed by atoms with Gasteiger partial charge in [-0.15, -0.1) is 11.3 Å². The zero-order chi connectivity index (χ0) is 17.7. The number of aryl methyl sites for hydroxylation is 1. The van der Waals surface area contributed by atoms with E-state index in [1.54, 1.807) is 11.3 Å². The number of aromatic nitrogens is 1. The molecular formula is C20H28N2O2S. The smallest absolute Gasteiger partial charge is 0.125 e. The molecule has 1 aromatic heterocycles. The number of hydrogen-bond donors (Lipinski definition) is 1. The molecule has 0 spiro atoms. The fraction of sp³-hybridized carbons (Fsp3) is 0.550. The van der Waals surface area contributed by atoms with Crippen molar-refractivity contribution >= 4 is 11.3 Å². The number of aliphatic hydroxyl groups is 1. The van der Waals surface area contributed by atoms with Crippen LogP contribution in [0.25, 0.3) is 0 Å². The molecule has 1 aliphatic rings. The average Bonchev–Trinajstić information content (AvgIpc) is 2.89. The Balaban J connectivity index is 1.68. The van der Waals surface area contributed by atoms with Gasteiger partial charge in [0.15, 0.2) is 0 Å². The van der Waals surface area contributed by atoms with Crippen LogP contribution in [-0.2, 0) is 12.2 Å². The topological polar surface area (TPSA) is 45.6 Å². The lowest BCUT2D eigenvalue weighted by Gasteiger charge is -2.24. The average molecular weight is 361 g/mol. The van der Waals surface area contributed by atoms with Gasteiger partial charge in [0.1, 0.15) is 23.0 Å². The van der Waals surface area contributed by atoms with Crippen LogP contribution in [0.4, 0.5) is 0 Å². The molecule has 25 heavy (non-hydrogen) atoms. The van der Waals surface area contributed by atoms with E-state index in [2.05, 4.69) is 11.8 Å². The Hall–Kier alpha value is -1.43. The summed E-state index contributed by atoms with van der Waals surface area (Å²) >= 11 is 1.60. The number of nitrogens with zero attached hydrogens (tertiary/aromatic N) is 2. The first-order valence-electron chi connectivity index (χ1n) is 9.20.